The van der Waals surface area contributed by atoms with Crippen LogP contribution in [0, 0.1) is 5.92 Å². The summed E-state index contributed by atoms with van der Waals surface area (Å²) in [5.41, 5.74) is 0.720. The van der Waals surface area contributed by atoms with E-state index in [9.17, 15) is 13.6 Å². The van der Waals surface area contributed by atoms with E-state index in [1.807, 2.05) is 25.1 Å². The summed E-state index contributed by atoms with van der Waals surface area (Å²) >= 11 is 6.07. The fraction of sp³-hybridized carbons (Fsp3) is 0.333. The van der Waals surface area contributed by atoms with Crippen molar-refractivity contribution in [2.24, 2.45) is 5.92 Å². The summed E-state index contributed by atoms with van der Waals surface area (Å²) in [4.78, 5) is 15.3. The third kappa shape index (κ3) is 6.14. The molecule has 0 unspecified atom stereocenters. The second-order valence-electron chi connectivity index (χ2n) is 6.48. The highest BCUT2D eigenvalue weighted by Gasteiger charge is 2.29. The van der Waals surface area contributed by atoms with Crippen molar-refractivity contribution in [2.75, 3.05) is 0 Å². The van der Waals surface area contributed by atoms with Gasteiger partial charge in [0.15, 0.2) is 0 Å². The fourth-order valence-corrected chi connectivity index (χ4v) is 2.69. The van der Waals surface area contributed by atoms with E-state index < -0.39 is 5.92 Å². The number of hydrogen-bond acceptors (Lipinski definition) is 3. The average Bonchev–Trinajstić information content (AvgIpc) is 2.62. The number of Topliss-reactive ketones (excluding diaryl/α,β-unsaturated/α-hetero) is 1. The molecule has 0 saturated heterocycles. The van der Waals surface area contributed by atoms with E-state index in [-0.39, 0.29) is 34.5 Å². The van der Waals surface area contributed by atoms with E-state index >= 15 is 0 Å². The number of nitrogens with zero attached hydrogens (tertiary/aromatic N) is 1. The summed E-state index contributed by atoms with van der Waals surface area (Å²) in [6.07, 6.45) is 5.66. The Kier molecular flexibility index (Phi) is 7.08. The predicted molar refractivity (Wildman–Crippen MR) is 103 cm³/mol. The number of halogens is 3. The van der Waals surface area contributed by atoms with Crippen LogP contribution in [0.4, 0.5) is 8.78 Å². The summed E-state index contributed by atoms with van der Waals surface area (Å²) in [5.74, 6) is -2.06. The lowest BCUT2D eigenvalue weighted by Crippen LogP contribution is -2.11. The molecule has 2 rings (SSSR count). The number of carbonyl (C=O) groups is 1. The molecule has 27 heavy (non-hydrogen) atoms. The molecule has 0 aliphatic heterocycles. The van der Waals surface area contributed by atoms with Crippen LogP contribution in [0.25, 0.3) is 6.08 Å². The SMILES string of the molecule is CCC(F)(F)c1ccc(Oc2ccc(/C=C/[C@H](C)CC(C)=O)cn2)c(Cl)c1. The maximum Gasteiger partial charge on any atom is 0.273 e. The molecule has 6 heteroatoms. The molecule has 144 valence electrons. The molecule has 0 amide bonds. The number of aromatic nitrogens is 1. The number of ether oxygens (including phenoxy) is 1. The Bertz CT molecular complexity index is 819. The van der Waals surface area contributed by atoms with Crippen molar-refractivity contribution in [2.45, 2.75) is 39.5 Å². The highest BCUT2D eigenvalue weighted by Crippen LogP contribution is 2.37. The summed E-state index contributed by atoms with van der Waals surface area (Å²) in [6, 6.07) is 7.42. The van der Waals surface area contributed by atoms with E-state index in [1.54, 1.807) is 19.2 Å². The van der Waals surface area contributed by atoms with Crippen LogP contribution in [0.3, 0.4) is 0 Å². The Morgan fingerprint density at radius 2 is 2.07 bits per heavy atom. The van der Waals surface area contributed by atoms with Gasteiger partial charge in [0.1, 0.15) is 11.5 Å². The molecule has 1 aromatic heterocycles. The minimum Gasteiger partial charge on any atom is -0.437 e. The molecule has 0 aliphatic carbocycles. The first kappa shape index (κ1) is 21.0. The number of alkyl halides is 2. The molecule has 0 N–H and O–H groups in total. The lowest BCUT2D eigenvalue weighted by Gasteiger charge is -2.15. The van der Waals surface area contributed by atoms with Gasteiger partial charge in [-0.15, -0.1) is 0 Å². The molecule has 0 spiro atoms. The van der Waals surface area contributed by atoms with Crippen LogP contribution in [-0.4, -0.2) is 10.8 Å². The Hall–Kier alpha value is -2.27. The van der Waals surface area contributed by atoms with Crippen LogP contribution in [-0.2, 0) is 10.7 Å². The van der Waals surface area contributed by atoms with Crippen molar-refractivity contribution in [3.63, 3.8) is 0 Å². The number of carbonyl (C=O) groups excluding carboxylic acids is 1. The van der Waals surface area contributed by atoms with Gasteiger partial charge in [-0.05, 0) is 42.7 Å². The maximum absolute atomic E-state index is 13.7. The molecule has 1 heterocycles. The smallest absolute Gasteiger partial charge is 0.273 e. The Balaban J connectivity index is 2.06. The normalized spacial score (nSPS) is 13.0. The number of benzene rings is 1. The average molecular weight is 394 g/mol. The topological polar surface area (TPSA) is 39.2 Å². The van der Waals surface area contributed by atoms with Crippen LogP contribution < -0.4 is 4.74 Å². The molecule has 1 aromatic carbocycles. The second-order valence-corrected chi connectivity index (χ2v) is 6.88. The largest absolute Gasteiger partial charge is 0.437 e. The molecule has 1 atom stereocenters. The second kappa shape index (κ2) is 9.09. The van der Waals surface area contributed by atoms with Crippen molar-refractivity contribution >= 4 is 23.5 Å². The molecule has 0 fully saturated rings. The van der Waals surface area contributed by atoms with E-state index in [4.69, 9.17) is 16.3 Å². The highest BCUT2D eigenvalue weighted by molar-refractivity contribution is 6.32. The van der Waals surface area contributed by atoms with E-state index in [2.05, 4.69) is 4.98 Å². The third-order valence-corrected chi connectivity index (χ3v) is 4.29. The number of hydrogen-bond donors (Lipinski definition) is 0. The Labute approximate surface area is 163 Å². The standard InChI is InChI=1S/C21H22ClF2NO2/c1-4-21(23,24)17-8-9-19(18(22)12-17)27-20-10-7-16(13-25-20)6-5-14(2)11-15(3)26/h5-10,12-14H,4,11H2,1-3H3/b6-5+/t14-/m0/s1. The van der Waals surface area contributed by atoms with Crippen LogP contribution in [0.15, 0.2) is 42.6 Å². The van der Waals surface area contributed by atoms with Crippen molar-refractivity contribution in [3.05, 3.63) is 58.8 Å². The van der Waals surface area contributed by atoms with Gasteiger partial charge >= 0.3 is 0 Å². The van der Waals surface area contributed by atoms with Crippen molar-refractivity contribution in [1.29, 1.82) is 0 Å². The van der Waals surface area contributed by atoms with Gasteiger partial charge < -0.3 is 9.53 Å². The Morgan fingerprint density at radius 1 is 1.33 bits per heavy atom. The van der Waals surface area contributed by atoms with Crippen LogP contribution in [0.5, 0.6) is 11.6 Å². The molecular weight excluding hydrogens is 372 g/mol. The summed E-state index contributed by atoms with van der Waals surface area (Å²) in [7, 11) is 0. The maximum atomic E-state index is 13.7. The van der Waals surface area contributed by atoms with Gasteiger partial charge in [-0.25, -0.2) is 13.8 Å². The van der Waals surface area contributed by atoms with Crippen LogP contribution in [0.1, 0.15) is 44.7 Å². The molecule has 2 aromatic rings. The number of pyridine rings is 1. The van der Waals surface area contributed by atoms with Gasteiger partial charge in [-0.1, -0.05) is 37.6 Å². The molecule has 0 bridgehead atoms. The van der Waals surface area contributed by atoms with E-state index in [1.165, 1.54) is 25.1 Å². The van der Waals surface area contributed by atoms with Gasteiger partial charge in [0, 0.05) is 30.7 Å². The molecular formula is C21H22ClF2NO2. The first-order valence-electron chi connectivity index (χ1n) is 8.70. The zero-order chi connectivity index (χ0) is 20.0. The van der Waals surface area contributed by atoms with Crippen LogP contribution in [0.2, 0.25) is 5.02 Å². The minimum absolute atomic E-state index is 0.101. The highest BCUT2D eigenvalue weighted by atomic mass is 35.5. The lowest BCUT2D eigenvalue weighted by molar-refractivity contribution is -0.117. The third-order valence-electron chi connectivity index (χ3n) is 4.00. The van der Waals surface area contributed by atoms with Gasteiger partial charge in [-0.3, -0.25) is 0 Å². The number of allylic oxidation sites excluding steroid dienone is 1. The van der Waals surface area contributed by atoms with Crippen molar-refractivity contribution in [3.8, 4) is 11.6 Å². The molecule has 3 nitrogen and oxygen atoms in total. The molecule has 0 saturated carbocycles. The zero-order valence-corrected chi connectivity index (χ0v) is 16.3. The summed E-state index contributed by atoms with van der Waals surface area (Å²) < 4.78 is 33.0. The molecule has 0 aliphatic rings. The molecule has 0 radical (unpaired) electrons. The van der Waals surface area contributed by atoms with Gasteiger partial charge in [0.2, 0.25) is 5.88 Å². The van der Waals surface area contributed by atoms with Gasteiger partial charge in [0.05, 0.1) is 5.02 Å². The Morgan fingerprint density at radius 3 is 2.63 bits per heavy atom. The predicted octanol–water partition coefficient (Wildman–Crippen LogP) is 6.66. The summed E-state index contributed by atoms with van der Waals surface area (Å²) in [5, 5.41) is 0.101. The first-order chi connectivity index (χ1) is 12.7. The van der Waals surface area contributed by atoms with Crippen molar-refractivity contribution < 1.29 is 18.3 Å². The van der Waals surface area contributed by atoms with Gasteiger partial charge in [0.25, 0.3) is 5.92 Å². The van der Waals surface area contributed by atoms with E-state index in [0.717, 1.165) is 5.56 Å². The minimum atomic E-state index is -2.92. The lowest BCUT2D eigenvalue weighted by atomic mass is 10.0. The fourth-order valence-electron chi connectivity index (χ4n) is 2.48. The van der Waals surface area contributed by atoms with Crippen LogP contribution >= 0.6 is 11.6 Å². The van der Waals surface area contributed by atoms with Crippen molar-refractivity contribution in [1.82, 2.24) is 4.98 Å². The summed E-state index contributed by atoms with van der Waals surface area (Å²) in [6.45, 7) is 4.95. The first-order valence-corrected chi connectivity index (χ1v) is 9.08. The quantitative estimate of drug-likeness (QED) is 0.503. The number of rotatable bonds is 8. The number of ketones is 1. The zero-order valence-electron chi connectivity index (χ0n) is 15.5. The monoisotopic (exact) mass is 393 g/mol. The van der Waals surface area contributed by atoms with E-state index in [0.29, 0.717) is 12.3 Å². The van der Waals surface area contributed by atoms with Gasteiger partial charge in [-0.2, -0.15) is 0 Å².